The molecule has 1 atom stereocenters. The van der Waals surface area contributed by atoms with Crippen molar-refractivity contribution in [2.45, 2.75) is 25.9 Å². The van der Waals surface area contributed by atoms with Crippen LogP contribution in [0.15, 0.2) is 18.2 Å². The van der Waals surface area contributed by atoms with Gasteiger partial charge in [0.15, 0.2) is 0 Å². The second-order valence-corrected chi connectivity index (χ2v) is 5.32. The quantitative estimate of drug-likeness (QED) is 0.872. The van der Waals surface area contributed by atoms with Gasteiger partial charge in [0, 0.05) is 32.2 Å². The van der Waals surface area contributed by atoms with Crippen molar-refractivity contribution in [3.63, 3.8) is 0 Å². The predicted molar refractivity (Wildman–Crippen MR) is 76.4 cm³/mol. The topological polar surface area (TPSA) is 58.4 Å². The summed E-state index contributed by atoms with van der Waals surface area (Å²) < 4.78 is 14.0. The number of rotatable bonds is 4. The Morgan fingerprint density at radius 2 is 2.35 bits per heavy atom. The molecule has 1 amide bonds. The number of nitrogens with one attached hydrogen (secondary N) is 1. The Morgan fingerprint density at radius 3 is 3.00 bits per heavy atom. The molecule has 1 aliphatic rings. The summed E-state index contributed by atoms with van der Waals surface area (Å²) in [6.07, 6.45) is 1.88. The number of benzene rings is 1. The van der Waals surface area contributed by atoms with E-state index in [9.17, 15) is 9.18 Å². The van der Waals surface area contributed by atoms with Gasteiger partial charge < -0.3 is 11.1 Å². The molecule has 1 saturated heterocycles. The molecular formula is C15H22FN3O. The van der Waals surface area contributed by atoms with E-state index in [2.05, 4.69) is 10.2 Å². The van der Waals surface area contributed by atoms with Crippen LogP contribution in [0.1, 0.15) is 24.0 Å². The monoisotopic (exact) mass is 279 g/mol. The number of likely N-dealkylation sites (tertiary alicyclic amines) is 1. The van der Waals surface area contributed by atoms with Crippen LogP contribution in [0.5, 0.6) is 0 Å². The second kappa shape index (κ2) is 6.81. The molecule has 110 valence electrons. The van der Waals surface area contributed by atoms with E-state index in [1.54, 1.807) is 13.1 Å². The summed E-state index contributed by atoms with van der Waals surface area (Å²) in [5, 5.41) is 2.69. The lowest BCUT2D eigenvalue weighted by Crippen LogP contribution is -2.41. The van der Waals surface area contributed by atoms with Gasteiger partial charge >= 0.3 is 0 Å². The Bertz CT molecular complexity index is 478. The van der Waals surface area contributed by atoms with Gasteiger partial charge in [-0.25, -0.2) is 4.39 Å². The average Bonchev–Trinajstić information content (AvgIpc) is 2.48. The van der Waals surface area contributed by atoms with Crippen LogP contribution in [0.3, 0.4) is 0 Å². The molecule has 0 spiro atoms. The average molecular weight is 279 g/mol. The molecule has 0 bridgehead atoms. The van der Waals surface area contributed by atoms with E-state index in [1.807, 2.05) is 6.07 Å². The third-order valence-corrected chi connectivity index (χ3v) is 3.87. The maximum absolute atomic E-state index is 14.0. The molecule has 0 aliphatic carbocycles. The zero-order chi connectivity index (χ0) is 14.5. The van der Waals surface area contributed by atoms with Gasteiger partial charge in [0.05, 0.1) is 5.92 Å². The first-order valence-corrected chi connectivity index (χ1v) is 7.05. The van der Waals surface area contributed by atoms with Gasteiger partial charge in [-0.2, -0.15) is 0 Å². The lowest BCUT2D eigenvalue weighted by Gasteiger charge is -2.31. The van der Waals surface area contributed by atoms with E-state index >= 15 is 0 Å². The number of amides is 1. The Balaban J connectivity index is 2.00. The molecule has 0 radical (unpaired) electrons. The van der Waals surface area contributed by atoms with Crippen LogP contribution in [0, 0.1) is 11.7 Å². The van der Waals surface area contributed by atoms with E-state index < -0.39 is 0 Å². The number of nitrogens with zero attached hydrogens (tertiary/aromatic N) is 1. The number of carbonyl (C=O) groups excluding carboxylic acids is 1. The van der Waals surface area contributed by atoms with E-state index in [0.717, 1.165) is 24.9 Å². The Kier molecular flexibility index (Phi) is 5.09. The number of carbonyl (C=O) groups is 1. The SMILES string of the molecule is CNC(=O)C1CCCN(Cc2ccc(CN)cc2F)C1. The maximum Gasteiger partial charge on any atom is 0.224 e. The van der Waals surface area contributed by atoms with Crippen molar-refractivity contribution in [2.24, 2.45) is 11.7 Å². The van der Waals surface area contributed by atoms with Crippen molar-refractivity contribution >= 4 is 5.91 Å². The zero-order valence-corrected chi connectivity index (χ0v) is 11.9. The molecule has 1 heterocycles. The molecule has 1 fully saturated rings. The van der Waals surface area contributed by atoms with E-state index in [1.165, 1.54) is 6.07 Å². The van der Waals surface area contributed by atoms with Gasteiger partial charge in [0.25, 0.3) is 0 Å². The second-order valence-electron chi connectivity index (χ2n) is 5.32. The van der Waals surface area contributed by atoms with Crippen LogP contribution in [-0.2, 0) is 17.9 Å². The van der Waals surface area contributed by atoms with Crippen LogP contribution in [-0.4, -0.2) is 30.9 Å². The van der Waals surface area contributed by atoms with Gasteiger partial charge in [-0.15, -0.1) is 0 Å². The zero-order valence-electron chi connectivity index (χ0n) is 11.9. The minimum absolute atomic E-state index is 0.0140. The molecule has 1 unspecified atom stereocenters. The predicted octanol–water partition coefficient (Wildman–Crippen LogP) is 1.24. The van der Waals surface area contributed by atoms with E-state index in [4.69, 9.17) is 5.73 Å². The highest BCUT2D eigenvalue weighted by molar-refractivity contribution is 5.78. The summed E-state index contributed by atoms with van der Waals surface area (Å²) in [7, 11) is 1.66. The molecule has 5 heteroatoms. The highest BCUT2D eigenvalue weighted by atomic mass is 19.1. The molecule has 1 aromatic rings. The van der Waals surface area contributed by atoms with E-state index in [0.29, 0.717) is 25.2 Å². The fourth-order valence-corrected chi connectivity index (χ4v) is 2.70. The van der Waals surface area contributed by atoms with Crippen molar-refractivity contribution in [3.05, 3.63) is 35.1 Å². The van der Waals surface area contributed by atoms with Crippen molar-refractivity contribution in [2.75, 3.05) is 20.1 Å². The molecule has 1 aliphatic heterocycles. The lowest BCUT2D eigenvalue weighted by atomic mass is 9.96. The summed E-state index contributed by atoms with van der Waals surface area (Å²) in [5.74, 6) is -0.121. The molecule has 4 nitrogen and oxygen atoms in total. The van der Waals surface area contributed by atoms with Crippen LogP contribution in [0.4, 0.5) is 4.39 Å². The Hall–Kier alpha value is -1.46. The van der Waals surface area contributed by atoms with E-state index in [-0.39, 0.29) is 17.6 Å². The standard InChI is InChI=1S/C15H22FN3O/c1-18-15(20)13-3-2-6-19(10-13)9-12-5-4-11(8-17)7-14(12)16/h4-5,7,13H,2-3,6,8-10,17H2,1H3,(H,18,20). The first-order valence-electron chi connectivity index (χ1n) is 7.05. The third kappa shape index (κ3) is 3.55. The molecule has 0 saturated carbocycles. The highest BCUT2D eigenvalue weighted by Crippen LogP contribution is 2.20. The Labute approximate surface area is 119 Å². The minimum atomic E-state index is -0.213. The lowest BCUT2D eigenvalue weighted by molar-refractivity contribution is -0.126. The number of nitrogens with two attached hydrogens (primary N) is 1. The largest absolute Gasteiger partial charge is 0.359 e. The summed E-state index contributed by atoms with van der Waals surface area (Å²) in [5.41, 5.74) is 6.96. The smallest absolute Gasteiger partial charge is 0.224 e. The van der Waals surface area contributed by atoms with Crippen molar-refractivity contribution < 1.29 is 9.18 Å². The fraction of sp³-hybridized carbons (Fsp3) is 0.533. The number of halogens is 1. The summed E-state index contributed by atoms with van der Waals surface area (Å²) >= 11 is 0. The van der Waals surface area contributed by atoms with Gasteiger partial charge in [0.1, 0.15) is 5.82 Å². The summed E-state index contributed by atoms with van der Waals surface area (Å²) in [4.78, 5) is 13.8. The summed E-state index contributed by atoms with van der Waals surface area (Å²) in [6, 6.07) is 5.15. The minimum Gasteiger partial charge on any atom is -0.359 e. The van der Waals surface area contributed by atoms with Gasteiger partial charge in [-0.05, 0) is 31.0 Å². The Morgan fingerprint density at radius 1 is 1.55 bits per heavy atom. The van der Waals surface area contributed by atoms with Crippen molar-refractivity contribution in [1.82, 2.24) is 10.2 Å². The van der Waals surface area contributed by atoms with Crippen molar-refractivity contribution in [1.29, 1.82) is 0 Å². The number of hydrogen-bond acceptors (Lipinski definition) is 3. The normalized spacial score (nSPS) is 19.9. The highest BCUT2D eigenvalue weighted by Gasteiger charge is 2.25. The molecule has 3 N–H and O–H groups in total. The first kappa shape index (κ1) is 14.9. The van der Waals surface area contributed by atoms with Gasteiger partial charge in [-0.3, -0.25) is 9.69 Å². The molecule has 20 heavy (non-hydrogen) atoms. The number of piperidine rings is 1. The third-order valence-electron chi connectivity index (χ3n) is 3.87. The molecule has 2 rings (SSSR count). The van der Waals surface area contributed by atoms with Crippen LogP contribution >= 0.6 is 0 Å². The molecule has 1 aromatic carbocycles. The molecule has 0 aromatic heterocycles. The molecular weight excluding hydrogens is 257 g/mol. The summed E-state index contributed by atoms with van der Waals surface area (Å²) in [6.45, 7) is 2.49. The first-order chi connectivity index (χ1) is 9.63. The van der Waals surface area contributed by atoms with Crippen LogP contribution in [0.2, 0.25) is 0 Å². The fourth-order valence-electron chi connectivity index (χ4n) is 2.70. The van der Waals surface area contributed by atoms with Gasteiger partial charge in [0.2, 0.25) is 5.91 Å². The van der Waals surface area contributed by atoms with Crippen LogP contribution < -0.4 is 11.1 Å². The number of hydrogen-bond donors (Lipinski definition) is 2. The van der Waals surface area contributed by atoms with Gasteiger partial charge in [-0.1, -0.05) is 12.1 Å². The maximum atomic E-state index is 14.0. The van der Waals surface area contributed by atoms with Crippen molar-refractivity contribution in [3.8, 4) is 0 Å². The van der Waals surface area contributed by atoms with Crippen LogP contribution in [0.25, 0.3) is 0 Å².